The Labute approximate surface area is 136 Å². The Bertz CT molecular complexity index is 676. The Balaban J connectivity index is 1.94. The second-order valence-electron chi connectivity index (χ2n) is 4.08. The first-order valence-electron chi connectivity index (χ1n) is 5.97. The molecule has 0 aliphatic heterocycles. The first kappa shape index (κ1) is 15.7. The second-order valence-corrected chi connectivity index (χ2v) is 5.88. The fourth-order valence-electron chi connectivity index (χ4n) is 1.58. The van der Waals surface area contributed by atoms with Gasteiger partial charge in [0.2, 0.25) is 5.91 Å². The smallest absolute Gasteiger partial charge is 0.234 e. The summed E-state index contributed by atoms with van der Waals surface area (Å²) in [6, 6.07) is 13.9. The molecule has 0 aromatic heterocycles. The fourth-order valence-corrected chi connectivity index (χ4v) is 3.07. The van der Waals surface area contributed by atoms with E-state index in [-0.39, 0.29) is 11.7 Å². The number of thioether (sulfide) groups is 1. The van der Waals surface area contributed by atoms with Crippen LogP contribution in [0, 0.1) is 11.3 Å². The third-order valence-electron chi connectivity index (χ3n) is 2.56. The maximum atomic E-state index is 11.9. The van der Waals surface area contributed by atoms with Crippen LogP contribution < -0.4 is 5.32 Å². The van der Waals surface area contributed by atoms with Crippen LogP contribution in [-0.4, -0.2) is 11.7 Å². The maximum Gasteiger partial charge on any atom is 0.234 e. The normalized spacial score (nSPS) is 9.95. The molecule has 0 spiro atoms. The van der Waals surface area contributed by atoms with Crippen molar-refractivity contribution < 1.29 is 4.79 Å². The van der Waals surface area contributed by atoms with Crippen molar-refractivity contribution in [1.82, 2.24) is 0 Å². The SMILES string of the molecule is N#Cc1ccc(NC(=O)CSc2c(Cl)cccc2Cl)cc1. The van der Waals surface area contributed by atoms with E-state index in [9.17, 15) is 4.79 Å². The molecular formula is C15H10Cl2N2OS. The van der Waals surface area contributed by atoms with Gasteiger partial charge in [0.1, 0.15) is 0 Å². The predicted molar refractivity (Wildman–Crippen MR) is 87.0 cm³/mol. The molecular weight excluding hydrogens is 327 g/mol. The van der Waals surface area contributed by atoms with Crippen LogP contribution in [-0.2, 0) is 4.79 Å². The Morgan fingerprint density at radius 3 is 2.33 bits per heavy atom. The first-order valence-corrected chi connectivity index (χ1v) is 7.71. The summed E-state index contributed by atoms with van der Waals surface area (Å²) in [4.78, 5) is 12.6. The van der Waals surface area contributed by atoms with E-state index in [1.807, 2.05) is 6.07 Å². The lowest BCUT2D eigenvalue weighted by Crippen LogP contribution is -2.13. The molecule has 2 rings (SSSR count). The fraction of sp³-hybridized carbons (Fsp3) is 0.0667. The van der Waals surface area contributed by atoms with Crippen molar-refractivity contribution in [2.24, 2.45) is 0 Å². The monoisotopic (exact) mass is 336 g/mol. The van der Waals surface area contributed by atoms with Crippen LogP contribution in [0.5, 0.6) is 0 Å². The van der Waals surface area contributed by atoms with E-state index in [2.05, 4.69) is 5.32 Å². The van der Waals surface area contributed by atoms with Crippen molar-refractivity contribution >= 4 is 46.6 Å². The zero-order chi connectivity index (χ0) is 15.2. The number of carbonyl (C=O) groups is 1. The van der Waals surface area contributed by atoms with Crippen molar-refractivity contribution in [2.45, 2.75) is 4.90 Å². The third-order valence-corrected chi connectivity index (χ3v) is 4.55. The molecule has 3 nitrogen and oxygen atoms in total. The highest BCUT2D eigenvalue weighted by Gasteiger charge is 2.09. The number of nitrogens with zero attached hydrogens (tertiary/aromatic N) is 1. The van der Waals surface area contributed by atoms with E-state index in [4.69, 9.17) is 28.5 Å². The topological polar surface area (TPSA) is 52.9 Å². The number of anilines is 1. The number of benzene rings is 2. The number of hydrogen-bond acceptors (Lipinski definition) is 3. The third kappa shape index (κ3) is 4.40. The summed E-state index contributed by atoms with van der Waals surface area (Å²) >= 11 is 13.4. The van der Waals surface area contributed by atoms with Gasteiger partial charge in [0, 0.05) is 10.6 Å². The summed E-state index contributed by atoms with van der Waals surface area (Å²) in [5.41, 5.74) is 1.19. The lowest BCUT2D eigenvalue weighted by atomic mass is 10.2. The predicted octanol–water partition coefficient (Wildman–Crippen LogP) is 4.60. The second kappa shape index (κ2) is 7.37. The minimum atomic E-state index is -0.166. The van der Waals surface area contributed by atoms with Gasteiger partial charge in [-0.1, -0.05) is 29.3 Å². The van der Waals surface area contributed by atoms with Crippen molar-refractivity contribution in [3.8, 4) is 6.07 Å². The summed E-state index contributed by atoms with van der Waals surface area (Å²) in [6.45, 7) is 0. The van der Waals surface area contributed by atoms with Crippen LogP contribution in [0.4, 0.5) is 5.69 Å². The molecule has 6 heteroatoms. The van der Waals surface area contributed by atoms with Gasteiger partial charge >= 0.3 is 0 Å². The van der Waals surface area contributed by atoms with Crippen molar-refractivity contribution in [3.05, 3.63) is 58.1 Å². The number of amides is 1. The highest BCUT2D eigenvalue weighted by Crippen LogP contribution is 2.33. The van der Waals surface area contributed by atoms with Gasteiger partial charge in [-0.2, -0.15) is 5.26 Å². The average molecular weight is 337 g/mol. The molecule has 2 aromatic carbocycles. The average Bonchev–Trinajstić information content (AvgIpc) is 2.47. The Kier molecular flexibility index (Phi) is 5.51. The van der Waals surface area contributed by atoms with Crippen LogP contribution in [0.3, 0.4) is 0 Å². The van der Waals surface area contributed by atoms with Gasteiger partial charge in [-0.25, -0.2) is 0 Å². The highest BCUT2D eigenvalue weighted by molar-refractivity contribution is 8.00. The van der Waals surface area contributed by atoms with E-state index in [0.717, 1.165) is 0 Å². The zero-order valence-electron chi connectivity index (χ0n) is 10.8. The van der Waals surface area contributed by atoms with Gasteiger partial charge in [0.15, 0.2) is 0 Å². The summed E-state index contributed by atoms with van der Waals surface area (Å²) in [5.74, 6) is 0.0318. The molecule has 0 fully saturated rings. The van der Waals surface area contributed by atoms with Crippen LogP contribution in [0.1, 0.15) is 5.56 Å². The molecule has 0 atom stereocenters. The van der Waals surface area contributed by atoms with Gasteiger partial charge in [0.25, 0.3) is 0 Å². The standard InChI is InChI=1S/C15H10Cl2N2OS/c16-12-2-1-3-13(17)15(12)21-9-14(20)19-11-6-4-10(8-18)5-7-11/h1-7H,9H2,(H,19,20). The maximum absolute atomic E-state index is 11.9. The molecule has 0 saturated carbocycles. The number of nitriles is 1. The first-order chi connectivity index (χ1) is 10.1. The molecule has 21 heavy (non-hydrogen) atoms. The number of rotatable bonds is 4. The molecule has 0 unspecified atom stereocenters. The van der Waals surface area contributed by atoms with Crippen LogP contribution in [0.15, 0.2) is 47.4 Å². The molecule has 0 radical (unpaired) electrons. The van der Waals surface area contributed by atoms with Crippen LogP contribution >= 0.6 is 35.0 Å². The lowest BCUT2D eigenvalue weighted by Gasteiger charge is -2.07. The van der Waals surface area contributed by atoms with Crippen molar-refractivity contribution in [1.29, 1.82) is 5.26 Å². The molecule has 1 amide bonds. The summed E-state index contributed by atoms with van der Waals surface area (Å²) < 4.78 is 0. The largest absolute Gasteiger partial charge is 0.325 e. The van der Waals surface area contributed by atoms with Crippen LogP contribution in [0.25, 0.3) is 0 Å². The number of hydrogen-bond donors (Lipinski definition) is 1. The quantitative estimate of drug-likeness (QED) is 0.830. The van der Waals surface area contributed by atoms with Crippen molar-refractivity contribution in [2.75, 3.05) is 11.1 Å². The zero-order valence-corrected chi connectivity index (χ0v) is 13.1. The number of halogens is 2. The Hall–Kier alpha value is -1.67. The van der Waals surface area contributed by atoms with Crippen LogP contribution in [0.2, 0.25) is 10.0 Å². The summed E-state index contributed by atoms with van der Waals surface area (Å²) in [5, 5.41) is 12.5. The minimum absolute atomic E-state index is 0.166. The molecule has 0 heterocycles. The van der Waals surface area contributed by atoms with Gasteiger partial charge in [-0.3, -0.25) is 4.79 Å². The van der Waals surface area contributed by atoms with Gasteiger partial charge in [0.05, 0.1) is 27.4 Å². The molecule has 1 N–H and O–H groups in total. The molecule has 0 bridgehead atoms. The Morgan fingerprint density at radius 1 is 1.14 bits per heavy atom. The van der Waals surface area contributed by atoms with Gasteiger partial charge in [-0.05, 0) is 36.4 Å². The van der Waals surface area contributed by atoms with Gasteiger partial charge < -0.3 is 5.32 Å². The molecule has 106 valence electrons. The van der Waals surface area contributed by atoms with E-state index < -0.39 is 0 Å². The van der Waals surface area contributed by atoms with E-state index >= 15 is 0 Å². The summed E-state index contributed by atoms with van der Waals surface area (Å²) in [7, 11) is 0. The van der Waals surface area contributed by atoms with Gasteiger partial charge in [-0.15, -0.1) is 11.8 Å². The minimum Gasteiger partial charge on any atom is -0.325 e. The molecule has 0 saturated heterocycles. The highest BCUT2D eigenvalue weighted by atomic mass is 35.5. The number of carbonyl (C=O) groups excluding carboxylic acids is 1. The molecule has 0 aliphatic rings. The molecule has 0 aliphatic carbocycles. The van der Waals surface area contributed by atoms with Crippen molar-refractivity contribution in [3.63, 3.8) is 0 Å². The lowest BCUT2D eigenvalue weighted by molar-refractivity contribution is -0.113. The number of nitrogens with one attached hydrogen (secondary N) is 1. The summed E-state index contributed by atoms with van der Waals surface area (Å²) in [6.07, 6.45) is 0. The Morgan fingerprint density at radius 2 is 1.76 bits per heavy atom. The van der Waals surface area contributed by atoms with E-state index in [1.165, 1.54) is 11.8 Å². The van der Waals surface area contributed by atoms with E-state index in [1.54, 1.807) is 42.5 Å². The molecule has 2 aromatic rings. The van der Waals surface area contributed by atoms with E-state index in [0.29, 0.717) is 26.2 Å².